The van der Waals surface area contributed by atoms with E-state index >= 15 is 0 Å². The first kappa shape index (κ1) is 9.02. The van der Waals surface area contributed by atoms with Gasteiger partial charge in [-0.05, 0) is 0 Å². The van der Waals surface area contributed by atoms with Gasteiger partial charge < -0.3 is 0 Å². The summed E-state index contributed by atoms with van der Waals surface area (Å²) in [5.41, 5.74) is 0. The zero-order valence-electron chi connectivity index (χ0n) is 2.33. The van der Waals surface area contributed by atoms with Crippen molar-refractivity contribution in [2.24, 2.45) is 0 Å². The number of halogens is 2. The molecule has 0 aliphatic carbocycles. The van der Waals surface area contributed by atoms with Gasteiger partial charge in [0.05, 0.1) is 0 Å². The third kappa shape index (κ3) is 10.2. The predicted octanol–water partition coefficient (Wildman–Crippen LogP) is -0.453. The van der Waals surface area contributed by atoms with Gasteiger partial charge in [0.1, 0.15) is 0 Å². The van der Waals surface area contributed by atoms with Gasteiger partial charge in [-0.2, -0.15) is 22.2 Å². The topological polar surface area (TPSA) is 0 Å². The molecule has 0 rings (SSSR count). The maximum atomic E-state index is 4.85. The summed E-state index contributed by atoms with van der Waals surface area (Å²) in [7, 11) is -0.306. The molecule has 0 N–H and O–H groups in total. The second-order valence-electron chi connectivity index (χ2n) is 0.0825. The molecule has 0 aromatic rings. The van der Waals surface area contributed by atoms with E-state index in [9.17, 15) is 0 Å². The summed E-state index contributed by atoms with van der Waals surface area (Å²) in [5, 5.41) is 0. The van der Waals surface area contributed by atoms with E-state index < -0.39 is 0 Å². The number of hydrogen-bond acceptors (Lipinski definition) is 0. The molecule has 0 saturated carbocycles. The van der Waals surface area contributed by atoms with Crippen molar-refractivity contribution in [2.45, 2.75) is 0 Å². The Balaban J connectivity index is 0. The monoisotopic (exact) mass is 176 g/mol. The minimum atomic E-state index is -0.306. The van der Waals surface area contributed by atoms with E-state index in [0.717, 1.165) is 0 Å². The average molecular weight is 176 g/mol. The first-order valence-corrected chi connectivity index (χ1v) is 3.93. The van der Waals surface area contributed by atoms with Crippen molar-refractivity contribution in [1.82, 2.24) is 0 Å². The molecule has 0 atom stereocenters. The summed E-state index contributed by atoms with van der Waals surface area (Å²) in [4.78, 5) is 0. The summed E-state index contributed by atoms with van der Waals surface area (Å²) in [6.45, 7) is 0. The molecule has 0 heterocycles. The fraction of sp³-hybridized carbons (Fsp3) is 0. The van der Waals surface area contributed by atoms with E-state index in [0.29, 0.717) is 0 Å². The zero-order chi connectivity index (χ0) is 2.71. The Labute approximate surface area is 48.1 Å². The van der Waals surface area contributed by atoms with Crippen LogP contribution in [0.1, 0.15) is 0 Å². The Morgan fingerprint density at radius 3 is 1.25 bits per heavy atom. The van der Waals surface area contributed by atoms with Gasteiger partial charge in [0.2, 0.25) is 0 Å². The van der Waals surface area contributed by atoms with Crippen molar-refractivity contribution >= 4 is 47.9 Å². The molecule has 0 fully saturated rings. The molecule has 0 aromatic carbocycles. The third-order valence-corrected chi connectivity index (χ3v) is 0. The summed E-state index contributed by atoms with van der Waals surface area (Å²) in [6.07, 6.45) is 0. The molecule has 2 radical (unpaired) electrons. The van der Waals surface area contributed by atoms with E-state index in [2.05, 4.69) is 0 Å². The standard InChI is InChI=1S/Cl2HSi.GeH3/c1-3-2;/h3H;1H3. The van der Waals surface area contributed by atoms with Gasteiger partial charge in [-0.25, -0.2) is 0 Å². The fourth-order valence-corrected chi connectivity index (χ4v) is 0. The first-order valence-electron chi connectivity index (χ1n) is 0.436. The van der Waals surface area contributed by atoms with Gasteiger partial charge >= 0.3 is 17.6 Å². The Morgan fingerprint density at radius 2 is 1.25 bits per heavy atom. The molecule has 0 spiro atoms. The van der Waals surface area contributed by atoms with Crippen LogP contribution in [0.3, 0.4) is 0 Å². The van der Waals surface area contributed by atoms with Crippen LogP contribution in [0.25, 0.3) is 0 Å². The number of rotatable bonds is 0. The molecule has 0 aliphatic heterocycles. The van der Waals surface area contributed by atoms with Crippen LogP contribution in [0.2, 0.25) is 0 Å². The molecule has 0 bridgehead atoms. The van der Waals surface area contributed by atoms with Gasteiger partial charge in [-0.15, -0.1) is 0 Å². The molecular formula is H4Cl2GeSi. The van der Waals surface area contributed by atoms with Crippen LogP contribution in [0, 0.1) is 0 Å². The third-order valence-electron chi connectivity index (χ3n) is 0. The SMILES string of the molecule is Cl[SiH]Cl.[GeH3]. The Bertz CT molecular complexity index is 6.00. The van der Waals surface area contributed by atoms with E-state index in [1.165, 1.54) is 0 Å². The van der Waals surface area contributed by atoms with Crippen molar-refractivity contribution in [3.63, 3.8) is 0 Å². The molecule has 26 valence electrons. The molecule has 0 amide bonds. The molecule has 0 nitrogen and oxygen atoms in total. The molecular weight excluding hydrogens is 172 g/mol. The van der Waals surface area contributed by atoms with Gasteiger partial charge in [-0.3, -0.25) is 0 Å². The second kappa shape index (κ2) is 8.84. The summed E-state index contributed by atoms with van der Waals surface area (Å²) in [5.74, 6) is 0. The first-order chi connectivity index (χ1) is 1.41. The minimum absolute atomic E-state index is 0. The Morgan fingerprint density at radius 1 is 1.25 bits per heavy atom. The van der Waals surface area contributed by atoms with Crippen molar-refractivity contribution in [3.05, 3.63) is 0 Å². The van der Waals surface area contributed by atoms with Gasteiger partial charge in [0.25, 0.3) is 8.14 Å². The van der Waals surface area contributed by atoms with E-state index in [4.69, 9.17) is 22.2 Å². The van der Waals surface area contributed by atoms with E-state index in [1.54, 1.807) is 0 Å². The van der Waals surface area contributed by atoms with Crippen LogP contribution in [0.15, 0.2) is 0 Å². The summed E-state index contributed by atoms with van der Waals surface area (Å²) in [6, 6.07) is 0. The van der Waals surface area contributed by atoms with Crippen LogP contribution in [-0.2, 0) is 0 Å². The van der Waals surface area contributed by atoms with Crippen molar-refractivity contribution in [2.75, 3.05) is 0 Å². The van der Waals surface area contributed by atoms with E-state index in [1.807, 2.05) is 0 Å². The van der Waals surface area contributed by atoms with Crippen LogP contribution >= 0.6 is 22.2 Å². The van der Waals surface area contributed by atoms with Crippen molar-refractivity contribution in [3.8, 4) is 0 Å². The van der Waals surface area contributed by atoms with Crippen LogP contribution in [0.5, 0.6) is 0 Å². The molecule has 0 saturated heterocycles. The van der Waals surface area contributed by atoms with Crippen molar-refractivity contribution in [1.29, 1.82) is 0 Å². The normalized spacial score (nSPS) is 4.50. The van der Waals surface area contributed by atoms with Gasteiger partial charge in [-0.1, -0.05) is 0 Å². The van der Waals surface area contributed by atoms with Gasteiger partial charge in [0, 0.05) is 0 Å². The predicted molar refractivity (Wildman–Crippen MR) is 28.8 cm³/mol. The second-order valence-corrected chi connectivity index (χ2v) is 2.23. The fourth-order valence-electron chi connectivity index (χ4n) is 0. The summed E-state index contributed by atoms with van der Waals surface area (Å²) >= 11 is 9.69. The summed E-state index contributed by atoms with van der Waals surface area (Å²) < 4.78 is 0. The van der Waals surface area contributed by atoms with Crippen LogP contribution in [0.4, 0.5) is 0 Å². The molecule has 4 heavy (non-hydrogen) atoms. The maximum absolute atomic E-state index is 4.85. The zero-order valence-corrected chi connectivity index (χ0v) is 9.20. The molecule has 0 aromatic heterocycles. The Hall–Kier alpha value is 1.34. The molecule has 0 unspecified atom stereocenters. The van der Waals surface area contributed by atoms with Crippen LogP contribution < -0.4 is 0 Å². The van der Waals surface area contributed by atoms with Gasteiger partial charge in [0.15, 0.2) is 0 Å². The average Bonchev–Trinajstić information content (AvgIpc) is 0.918. The quantitative estimate of drug-likeness (QED) is 0.346. The number of hydrogen-bond donors (Lipinski definition) is 0. The van der Waals surface area contributed by atoms with Crippen molar-refractivity contribution < 1.29 is 0 Å². The Kier molecular flexibility index (Phi) is 19.9. The van der Waals surface area contributed by atoms with Crippen LogP contribution in [-0.4, -0.2) is 25.7 Å². The van der Waals surface area contributed by atoms with E-state index in [-0.39, 0.29) is 25.7 Å². The molecule has 0 aliphatic rings. The molecule has 4 heteroatoms.